The van der Waals surface area contributed by atoms with Crippen molar-refractivity contribution in [2.75, 3.05) is 7.05 Å². The van der Waals surface area contributed by atoms with Gasteiger partial charge in [0, 0.05) is 12.1 Å². The lowest BCUT2D eigenvalue weighted by Crippen LogP contribution is -2.19. The molecule has 1 unspecified atom stereocenters. The summed E-state index contributed by atoms with van der Waals surface area (Å²) in [6, 6.07) is 7.45. The Hall–Kier alpha value is -1.52. The molecule has 1 N–H and O–H groups in total. The molecular weight excluding hydrogens is 287 g/mol. The first-order chi connectivity index (χ1) is 9.51. The van der Waals surface area contributed by atoms with Gasteiger partial charge in [-0.1, -0.05) is 23.7 Å². The highest BCUT2D eigenvalue weighted by Gasteiger charge is 2.15. The highest BCUT2D eigenvalue weighted by atomic mass is 35.5. The monoisotopic (exact) mass is 299 g/mol. The van der Waals surface area contributed by atoms with Gasteiger partial charge in [-0.2, -0.15) is 0 Å². The van der Waals surface area contributed by atoms with Crippen LogP contribution >= 0.6 is 11.6 Å². The van der Waals surface area contributed by atoms with Crippen molar-refractivity contribution in [3.63, 3.8) is 0 Å². The number of nitrogens with one attached hydrogen (secondary N) is 1. The minimum absolute atomic E-state index is 0.0321. The Morgan fingerprint density at radius 2 is 1.75 bits per heavy atom. The van der Waals surface area contributed by atoms with Crippen LogP contribution in [0.15, 0.2) is 36.4 Å². The maximum Gasteiger partial charge on any atom is 0.142 e. The summed E-state index contributed by atoms with van der Waals surface area (Å²) in [6.45, 7) is 0. The van der Waals surface area contributed by atoms with Crippen LogP contribution in [-0.4, -0.2) is 7.05 Å². The predicted octanol–water partition coefficient (Wildman–Crippen LogP) is 4.26. The zero-order valence-corrected chi connectivity index (χ0v) is 11.5. The van der Waals surface area contributed by atoms with E-state index in [1.54, 1.807) is 19.2 Å². The van der Waals surface area contributed by atoms with Crippen LogP contribution in [-0.2, 0) is 6.42 Å². The number of hydrogen-bond donors (Lipinski definition) is 1. The molecule has 0 spiro atoms. The van der Waals surface area contributed by atoms with Gasteiger partial charge in [-0.25, -0.2) is 13.2 Å². The van der Waals surface area contributed by atoms with Gasteiger partial charge in [0.1, 0.15) is 17.5 Å². The van der Waals surface area contributed by atoms with Crippen molar-refractivity contribution in [2.45, 2.75) is 12.5 Å². The molecule has 0 aliphatic carbocycles. The average molecular weight is 300 g/mol. The second-order valence-electron chi connectivity index (χ2n) is 4.46. The third kappa shape index (κ3) is 3.32. The Morgan fingerprint density at radius 1 is 1.10 bits per heavy atom. The van der Waals surface area contributed by atoms with E-state index >= 15 is 0 Å². The lowest BCUT2D eigenvalue weighted by molar-refractivity contribution is 0.549. The molecule has 2 aromatic rings. The van der Waals surface area contributed by atoms with E-state index in [9.17, 15) is 13.2 Å². The number of rotatable bonds is 4. The van der Waals surface area contributed by atoms with Gasteiger partial charge in [0.15, 0.2) is 0 Å². The predicted molar refractivity (Wildman–Crippen MR) is 73.3 cm³/mol. The molecule has 0 amide bonds. The fourth-order valence-corrected chi connectivity index (χ4v) is 2.29. The molecule has 0 saturated heterocycles. The lowest BCUT2D eigenvalue weighted by Gasteiger charge is -2.18. The summed E-state index contributed by atoms with van der Waals surface area (Å²) in [6.07, 6.45) is 0.329. The van der Waals surface area contributed by atoms with E-state index in [4.69, 9.17) is 11.6 Å². The topological polar surface area (TPSA) is 12.0 Å². The highest BCUT2D eigenvalue weighted by Crippen LogP contribution is 2.26. The maximum absolute atomic E-state index is 13.4. The van der Waals surface area contributed by atoms with Gasteiger partial charge in [-0.15, -0.1) is 0 Å². The van der Waals surface area contributed by atoms with Crippen molar-refractivity contribution in [1.29, 1.82) is 0 Å². The van der Waals surface area contributed by atoms with E-state index in [-0.39, 0.29) is 11.1 Å². The Kier molecular flexibility index (Phi) is 4.68. The molecule has 0 aliphatic rings. The minimum Gasteiger partial charge on any atom is -0.313 e. The van der Waals surface area contributed by atoms with Gasteiger partial charge in [-0.05, 0) is 42.8 Å². The van der Waals surface area contributed by atoms with Gasteiger partial charge < -0.3 is 5.32 Å². The first kappa shape index (κ1) is 14.9. The highest BCUT2D eigenvalue weighted by molar-refractivity contribution is 6.31. The third-order valence-corrected chi connectivity index (χ3v) is 3.51. The minimum atomic E-state index is -0.648. The normalized spacial score (nSPS) is 12.4. The van der Waals surface area contributed by atoms with Crippen LogP contribution in [0.5, 0.6) is 0 Å². The molecule has 106 valence electrons. The number of halogens is 4. The fraction of sp³-hybridized carbons (Fsp3) is 0.200. The molecule has 1 atom stereocenters. The Morgan fingerprint density at radius 3 is 2.35 bits per heavy atom. The van der Waals surface area contributed by atoms with Gasteiger partial charge in [0.2, 0.25) is 0 Å². The number of hydrogen-bond acceptors (Lipinski definition) is 1. The second-order valence-corrected chi connectivity index (χ2v) is 4.84. The molecule has 20 heavy (non-hydrogen) atoms. The molecule has 0 aliphatic heterocycles. The van der Waals surface area contributed by atoms with Crippen molar-refractivity contribution in [3.05, 3.63) is 70.0 Å². The Bertz CT molecular complexity index is 596. The van der Waals surface area contributed by atoms with Crippen LogP contribution in [0.25, 0.3) is 0 Å². The summed E-state index contributed by atoms with van der Waals surface area (Å²) in [7, 11) is 1.67. The zero-order chi connectivity index (χ0) is 14.7. The molecular formula is C15H13ClF3N. The molecule has 0 bridgehead atoms. The first-order valence-corrected chi connectivity index (χ1v) is 6.45. The van der Waals surface area contributed by atoms with Crippen molar-refractivity contribution in [1.82, 2.24) is 5.32 Å². The summed E-state index contributed by atoms with van der Waals surface area (Å²) in [4.78, 5) is 0. The van der Waals surface area contributed by atoms with E-state index < -0.39 is 17.5 Å². The van der Waals surface area contributed by atoms with Crippen LogP contribution in [0.4, 0.5) is 13.2 Å². The third-order valence-electron chi connectivity index (χ3n) is 3.09. The van der Waals surface area contributed by atoms with Gasteiger partial charge in [0.25, 0.3) is 0 Å². The fourth-order valence-electron chi connectivity index (χ4n) is 2.09. The SMILES string of the molecule is CNC(Cc1cccc(F)c1Cl)c1cc(F)cc(F)c1. The van der Waals surface area contributed by atoms with Crippen LogP contribution < -0.4 is 5.32 Å². The van der Waals surface area contributed by atoms with Crippen LogP contribution in [0.2, 0.25) is 5.02 Å². The van der Waals surface area contributed by atoms with Gasteiger partial charge >= 0.3 is 0 Å². The summed E-state index contributed by atoms with van der Waals surface area (Å²) in [5.74, 6) is -1.80. The second kappa shape index (κ2) is 6.29. The van der Waals surface area contributed by atoms with Crippen LogP contribution in [0.3, 0.4) is 0 Å². The lowest BCUT2D eigenvalue weighted by atomic mass is 9.98. The molecule has 0 saturated carbocycles. The van der Waals surface area contributed by atoms with Crippen LogP contribution in [0.1, 0.15) is 17.2 Å². The van der Waals surface area contributed by atoms with Crippen molar-refractivity contribution in [2.24, 2.45) is 0 Å². The first-order valence-electron chi connectivity index (χ1n) is 6.07. The summed E-state index contributed by atoms with van der Waals surface area (Å²) >= 11 is 5.89. The van der Waals surface area contributed by atoms with Crippen molar-refractivity contribution >= 4 is 11.6 Å². The standard InChI is InChI=1S/C15H13ClF3N/c1-20-14(10-5-11(17)8-12(18)6-10)7-9-3-2-4-13(19)15(9)16/h2-6,8,14,20H,7H2,1H3. The van der Waals surface area contributed by atoms with Gasteiger partial charge in [-0.3, -0.25) is 0 Å². The largest absolute Gasteiger partial charge is 0.313 e. The molecule has 2 aromatic carbocycles. The Balaban J connectivity index is 2.31. The van der Waals surface area contributed by atoms with Crippen molar-refractivity contribution in [3.8, 4) is 0 Å². The quantitative estimate of drug-likeness (QED) is 0.889. The van der Waals surface area contributed by atoms with Crippen molar-refractivity contribution < 1.29 is 13.2 Å². The average Bonchev–Trinajstić information content (AvgIpc) is 2.39. The zero-order valence-electron chi connectivity index (χ0n) is 10.8. The molecule has 0 aromatic heterocycles. The maximum atomic E-state index is 13.4. The van der Waals surface area contributed by atoms with E-state index in [0.29, 0.717) is 17.5 Å². The molecule has 0 fully saturated rings. The molecule has 5 heteroatoms. The van der Waals surface area contributed by atoms with Crippen LogP contribution in [0, 0.1) is 17.5 Å². The number of likely N-dealkylation sites (N-methyl/N-ethyl adjacent to an activating group) is 1. The van der Waals surface area contributed by atoms with E-state index in [2.05, 4.69) is 5.32 Å². The smallest absolute Gasteiger partial charge is 0.142 e. The Labute approximate surface area is 120 Å². The van der Waals surface area contributed by atoms with Gasteiger partial charge in [0.05, 0.1) is 5.02 Å². The van der Waals surface area contributed by atoms with E-state index in [0.717, 1.165) is 6.07 Å². The molecule has 2 rings (SSSR count). The summed E-state index contributed by atoms with van der Waals surface area (Å²) in [5.41, 5.74) is 1.03. The molecule has 1 nitrogen and oxygen atoms in total. The number of benzene rings is 2. The van der Waals surface area contributed by atoms with E-state index in [1.165, 1.54) is 18.2 Å². The van der Waals surface area contributed by atoms with E-state index in [1.807, 2.05) is 0 Å². The summed E-state index contributed by atoms with van der Waals surface area (Å²) in [5, 5.41) is 2.99. The molecule has 0 heterocycles. The summed E-state index contributed by atoms with van der Waals surface area (Å²) < 4.78 is 39.9. The molecule has 0 radical (unpaired) electrons.